The highest BCUT2D eigenvalue weighted by molar-refractivity contribution is 5.95. The predicted octanol–water partition coefficient (Wildman–Crippen LogP) is 2.93. The molecule has 0 spiro atoms. The lowest BCUT2D eigenvalue weighted by atomic mass is 10.1. The molecule has 3 N–H and O–H groups in total. The molecule has 142 valence electrons. The number of carbonyl (C=O) groups is 1. The third-order valence-electron chi connectivity index (χ3n) is 4.25. The largest absolute Gasteiger partial charge is 0.497 e. The minimum Gasteiger partial charge on any atom is -0.497 e. The number of benzene rings is 1. The van der Waals surface area contributed by atoms with E-state index in [0.717, 1.165) is 23.7 Å². The molecule has 1 saturated heterocycles. The maximum absolute atomic E-state index is 12.2. The zero-order chi connectivity index (χ0) is 18.9. The van der Waals surface area contributed by atoms with E-state index in [0.29, 0.717) is 30.4 Å². The van der Waals surface area contributed by atoms with E-state index in [-0.39, 0.29) is 12.2 Å². The Morgan fingerprint density at radius 3 is 2.62 bits per heavy atom. The summed E-state index contributed by atoms with van der Waals surface area (Å²) in [4.78, 5) is 13.9. The fourth-order valence-electron chi connectivity index (χ4n) is 2.99. The number of piperidine rings is 1. The van der Waals surface area contributed by atoms with Gasteiger partial charge in [-0.05, 0) is 20.8 Å². The SMILES string of the molecule is COc1cc(OC2CCN(C(=O)OC(C)(C)C)CC2)c2c(N)n[nH]c2c1. The molecule has 2 heterocycles. The summed E-state index contributed by atoms with van der Waals surface area (Å²) in [7, 11) is 1.60. The summed E-state index contributed by atoms with van der Waals surface area (Å²) in [6.45, 7) is 6.78. The standard InChI is InChI=1S/C18H26N4O4/c1-18(2,3)26-17(23)22-7-5-11(6-8-22)25-14-10-12(24-4)9-13-15(14)16(19)21-20-13/h9-11H,5-8H2,1-4H3,(H3,19,20,21). The van der Waals surface area contributed by atoms with Gasteiger partial charge in [-0.25, -0.2) is 4.79 Å². The quantitative estimate of drug-likeness (QED) is 0.870. The monoisotopic (exact) mass is 362 g/mol. The lowest BCUT2D eigenvalue weighted by molar-refractivity contribution is 0.0128. The van der Waals surface area contributed by atoms with E-state index < -0.39 is 5.60 Å². The molecule has 1 fully saturated rings. The number of hydrogen-bond donors (Lipinski definition) is 2. The number of nitrogen functional groups attached to an aromatic ring is 1. The van der Waals surface area contributed by atoms with Crippen LogP contribution in [0.25, 0.3) is 10.9 Å². The molecular weight excluding hydrogens is 336 g/mol. The van der Waals surface area contributed by atoms with Crippen LogP contribution >= 0.6 is 0 Å². The summed E-state index contributed by atoms with van der Waals surface area (Å²) in [6.07, 6.45) is 1.14. The Kier molecular flexibility index (Phi) is 4.84. The van der Waals surface area contributed by atoms with E-state index in [1.807, 2.05) is 32.9 Å². The van der Waals surface area contributed by atoms with Crippen molar-refractivity contribution >= 4 is 22.8 Å². The number of aromatic amines is 1. The number of likely N-dealkylation sites (tertiary alicyclic amines) is 1. The minimum atomic E-state index is -0.491. The molecule has 0 bridgehead atoms. The second kappa shape index (κ2) is 6.93. The number of amides is 1. The Bertz CT molecular complexity index is 788. The van der Waals surface area contributed by atoms with Crippen molar-refractivity contribution in [1.82, 2.24) is 15.1 Å². The molecule has 1 aromatic heterocycles. The van der Waals surface area contributed by atoms with E-state index in [2.05, 4.69) is 10.2 Å². The molecular formula is C18H26N4O4. The first-order chi connectivity index (χ1) is 12.3. The number of H-pyrrole nitrogens is 1. The van der Waals surface area contributed by atoms with Crippen molar-refractivity contribution in [3.8, 4) is 11.5 Å². The lowest BCUT2D eigenvalue weighted by Crippen LogP contribution is -2.44. The van der Waals surface area contributed by atoms with Gasteiger partial charge in [0.15, 0.2) is 5.82 Å². The Morgan fingerprint density at radius 1 is 1.31 bits per heavy atom. The molecule has 1 amide bonds. The van der Waals surface area contributed by atoms with Gasteiger partial charge in [-0.3, -0.25) is 5.10 Å². The molecule has 0 aliphatic carbocycles. The first-order valence-corrected chi connectivity index (χ1v) is 8.73. The van der Waals surface area contributed by atoms with Crippen LogP contribution in [0, 0.1) is 0 Å². The Labute approximate surface area is 152 Å². The minimum absolute atomic E-state index is 0.0155. The van der Waals surface area contributed by atoms with Crippen LogP contribution < -0.4 is 15.2 Å². The highest BCUT2D eigenvalue weighted by Crippen LogP contribution is 2.35. The second-order valence-corrected chi connectivity index (χ2v) is 7.44. The van der Waals surface area contributed by atoms with E-state index in [1.165, 1.54) is 0 Å². The van der Waals surface area contributed by atoms with Crippen molar-refractivity contribution in [2.75, 3.05) is 25.9 Å². The maximum Gasteiger partial charge on any atom is 0.410 e. The van der Waals surface area contributed by atoms with E-state index in [4.69, 9.17) is 19.9 Å². The van der Waals surface area contributed by atoms with Crippen LogP contribution in [-0.2, 0) is 4.74 Å². The van der Waals surface area contributed by atoms with Gasteiger partial charge >= 0.3 is 6.09 Å². The second-order valence-electron chi connectivity index (χ2n) is 7.44. The summed E-state index contributed by atoms with van der Waals surface area (Å²) < 4.78 is 16.9. The Balaban J connectivity index is 1.67. The number of fused-ring (bicyclic) bond motifs is 1. The van der Waals surface area contributed by atoms with Crippen molar-refractivity contribution in [2.45, 2.75) is 45.3 Å². The fourth-order valence-corrected chi connectivity index (χ4v) is 2.99. The van der Waals surface area contributed by atoms with Crippen molar-refractivity contribution in [3.63, 3.8) is 0 Å². The molecule has 1 aliphatic heterocycles. The molecule has 3 rings (SSSR count). The van der Waals surface area contributed by atoms with Crippen LogP contribution in [0.15, 0.2) is 12.1 Å². The van der Waals surface area contributed by atoms with Gasteiger partial charge in [-0.15, -0.1) is 0 Å². The number of aromatic nitrogens is 2. The average molecular weight is 362 g/mol. The van der Waals surface area contributed by atoms with Gasteiger partial charge in [0.1, 0.15) is 23.2 Å². The molecule has 26 heavy (non-hydrogen) atoms. The van der Waals surface area contributed by atoms with Gasteiger partial charge < -0.3 is 24.8 Å². The van der Waals surface area contributed by atoms with Crippen molar-refractivity contribution in [1.29, 1.82) is 0 Å². The molecule has 0 saturated carbocycles. The van der Waals surface area contributed by atoms with Crippen molar-refractivity contribution in [3.05, 3.63) is 12.1 Å². The zero-order valence-corrected chi connectivity index (χ0v) is 15.7. The molecule has 0 radical (unpaired) electrons. The Morgan fingerprint density at radius 2 is 2.00 bits per heavy atom. The molecule has 1 aliphatic rings. The lowest BCUT2D eigenvalue weighted by Gasteiger charge is -2.33. The van der Waals surface area contributed by atoms with Crippen LogP contribution in [0.4, 0.5) is 10.6 Å². The first kappa shape index (κ1) is 18.2. The number of methoxy groups -OCH3 is 1. The number of nitrogens with two attached hydrogens (primary N) is 1. The highest BCUT2D eigenvalue weighted by Gasteiger charge is 2.28. The summed E-state index contributed by atoms with van der Waals surface area (Å²) in [5.41, 5.74) is 6.24. The highest BCUT2D eigenvalue weighted by atomic mass is 16.6. The third-order valence-corrected chi connectivity index (χ3v) is 4.25. The van der Waals surface area contributed by atoms with Gasteiger partial charge in [0.2, 0.25) is 0 Å². The molecule has 8 heteroatoms. The number of rotatable bonds is 3. The van der Waals surface area contributed by atoms with E-state index in [9.17, 15) is 4.79 Å². The van der Waals surface area contributed by atoms with Gasteiger partial charge in [0, 0.05) is 38.1 Å². The fraction of sp³-hybridized carbons (Fsp3) is 0.556. The number of ether oxygens (including phenoxy) is 3. The maximum atomic E-state index is 12.2. The van der Waals surface area contributed by atoms with Crippen molar-refractivity contribution < 1.29 is 19.0 Å². The van der Waals surface area contributed by atoms with Crippen LogP contribution in [0.5, 0.6) is 11.5 Å². The topological polar surface area (TPSA) is 103 Å². The number of carbonyl (C=O) groups excluding carboxylic acids is 1. The third kappa shape index (κ3) is 3.95. The first-order valence-electron chi connectivity index (χ1n) is 8.73. The van der Waals surface area contributed by atoms with Crippen LogP contribution in [0.2, 0.25) is 0 Å². The van der Waals surface area contributed by atoms with Gasteiger partial charge in [-0.2, -0.15) is 5.10 Å². The molecule has 2 aromatic rings. The van der Waals surface area contributed by atoms with Crippen LogP contribution in [-0.4, -0.2) is 53.1 Å². The van der Waals surface area contributed by atoms with Crippen LogP contribution in [0.1, 0.15) is 33.6 Å². The van der Waals surface area contributed by atoms with E-state index in [1.54, 1.807) is 12.0 Å². The Hall–Kier alpha value is -2.64. The van der Waals surface area contributed by atoms with Crippen molar-refractivity contribution in [2.24, 2.45) is 0 Å². The summed E-state index contributed by atoms with van der Waals surface area (Å²) in [6, 6.07) is 3.64. The summed E-state index contributed by atoms with van der Waals surface area (Å²) in [5.74, 6) is 1.70. The number of nitrogens with zero attached hydrogens (tertiary/aromatic N) is 2. The molecule has 8 nitrogen and oxygen atoms in total. The van der Waals surface area contributed by atoms with Crippen LogP contribution in [0.3, 0.4) is 0 Å². The van der Waals surface area contributed by atoms with Gasteiger partial charge in [0.25, 0.3) is 0 Å². The normalized spacial score (nSPS) is 15.9. The van der Waals surface area contributed by atoms with E-state index >= 15 is 0 Å². The number of nitrogens with one attached hydrogen (secondary N) is 1. The molecule has 0 atom stereocenters. The predicted molar refractivity (Wildman–Crippen MR) is 98.5 cm³/mol. The molecule has 1 aromatic carbocycles. The molecule has 0 unspecified atom stereocenters. The van der Waals surface area contributed by atoms with Gasteiger partial charge in [-0.1, -0.05) is 0 Å². The number of anilines is 1. The summed E-state index contributed by atoms with van der Waals surface area (Å²) in [5, 5.41) is 7.67. The zero-order valence-electron chi connectivity index (χ0n) is 15.7. The summed E-state index contributed by atoms with van der Waals surface area (Å²) >= 11 is 0. The average Bonchev–Trinajstić information content (AvgIpc) is 2.95. The smallest absolute Gasteiger partial charge is 0.410 e. The number of hydrogen-bond acceptors (Lipinski definition) is 6. The van der Waals surface area contributed by atoms with Gasteiger partial charge in [0.05, 0.1) is 18.0 Å².